The van der Waals surface area contributed by atoms with E-state index in [1.54, 1.807) is 23.5 Å². The van der Waals surface area contributed by atoms with Crippen LogP contribution < -0.4 is 16.4 Å². The maximum Gasteiger partial charge on any atom is 0.251 e. The fourth-order valence-corrected chi connectivity index (χ4v) is 2.41. The molecule has 4 N–H and O–H groups in total. The van der Waals surface area contributed by atoms with Crippen LogP contribution in [0, 0.1) is 0 Å². The van der Waals surface area contributed by atoms with Gasteiger partial charge in [-0.3, -0.25) is 4.79 Å². The smallest absolute Gasteiger partial charge is 0.251 e. The van der Waals surface area contributed by atoms with E-state index in [2.05, 4.69) is 15.6 Å². The van der Waals surface area contributed by atoms with E-state index in [0.717, 1.165) is 24.3 Å². The van der Waals surface area contributed by atoms with Gasteiger partial charge in [-0.15, -0.1) is 11.3 Å². The molecule has 20 heavy (non-hydrogen) atoms. The highest BCUT2D eigenvalue weighted by molar-refractivity contribution is 7.07. The zero-order valence-electron chi connectivity index (χ0n) is 11.3. The molecule has 2 aromatic rings. The Morgan fingerprint density at radius 2 is 2.30 bits per heavy atom. The first-order chi connectivity index (χ1) is 9.70. The second-order valence-electron chi connectivity index (χ2n) is 4.32. The summed E-state index contributed by atoms with van der Waals surface area (Å²) in [6.45, 7) is 3.25. The van der Waals surface area contributed by atoms with Crippen LogP contribution in [-0.2, 0) is 6.42 Å². The largest absolute Gasteiger partial charge is 0.397 e. The van der Waals surface area contributed by atoms with Crippen LogP contribution in [0.4, 0.5) is 11.4 Å². The van der Waals surface area contributed by atoms with Gasteiger partial charge in [-0.05, 0) is 25.1 Å². The molecule has 6 heteroatoms. The molecule has 2 rings (SSSR count). The molecule has 5 nitrogen and oxygen atoms in total. The zero-order valence-corrected chi connectivity index (χ0v) is 12.2. The van der Waals surface area contributed by atoms with Crippen molar-refractivity contribution >= 4 is 28.6 Å². The number of nitrogens with two attached hydrogens (primary N) is 1. The standard InChI is InChI=1S/C14H18N4OS/c1-2-16-14(19)10-3-4-13(12(15)7-10)17-6-5-11-8-20-9-18-11/h3-4,7-9,17H,2,5-6,15H2,1H3,(H,16,19). The fraction of sp³-hybridized carbons (Fsp3) is 0.286. The van der Waals surface area contributed by atoms with Gasteiger partial charge in [0.1, 0.15) is 0 Å². The van der Waals surface area contributed by atoms with Gasteiger partial charge in [0.25, 0.3) is 5.91 Å². The van der Waals surface area contributed by atoms with Crippen molar-refractivity contribution in [1.29, 1.82) is 0 Å². The van der Waals surface area contributed by atoms with Crippen molar-refractivity contribution < 1.29 is 4.79 Å². The third-order valence-corrected chi connectivity index (χ3v) is 3.47. The van der Waals surface area contributed by atoms with Crippen molar-refractivity contribution in [2.75, 3.05) is 24.1 Å². The Labute approximate surface area is 122 Å². The fourth-order valence-electron chi connectivity index (χ4n) is 1.81. The first-order valence-electron chi connectivity index (χ1n) is 6.49. The SMILES string of the molecule is CCNC(=O)c1ccc(NCCc2cscn2)c(N)c1. The van der Waals surface area contributed by atoms with Gasteiger partial charge in [-0.2, -0.15) is 0 Å². The Balaban J connectivity index is 1.93. The number of hydrogen-bond acceptors (Lipinski definition) is 5. The summed E-state index contributed by atoms with van der Waals surface area (Å²) in [4.78, 5) is 15.9. The molecule has 0 saturated carbocycles. The second kappa shape index (κ2) is 6.91. The molecular formula is C14H18N4OS. The first kappa shape index (κ1) is 14.3. The summed E-state index contributed by atoms with van der Waals surface area (Å²) in [6, 6.07) is 5.30. The van der Waals surface area contributed by atoms with E-state index in [1.165, 1.54) is 0 Å². The van der Waals surface area contributed by atoms with E-state index in [4.69, 9.17) is 5.73 Å². The molecule has 0 spiro atoms. The Hall–Kier alpha value is -2.08. The van der Waals surface area contributed by atoms with Gasteiger partial charge in [0.2, 0.25) is 0 Å². The summed E-state index contributed by atoms with van der Waals surface area (Å²) in [5, 5.41) is 8.04. The van der Waals surface area contributed by atoms with Crippen molar-refractivity contribution in [1.82, 2.24) is 10.3 Å². The normalized spacial score (nSPS) is 10.2. The van der Waals surface area contributed by atoms with E-state index >= 15 is 0 Å². The van der Waals surface area contributed by atoms with Gasteiger partial charge in [-0.1, -0.05) is 0 Å². The number of thiazole rings is 1. The Morgan fingerprint density at radius 3 is 2.95 bits per heavy atom. The molecule has 0 fully saturated rings. The Bertz CT molecular complexity index is 569. The number of amides is 1. The predicted octanol–water partition coefficient (Wildman–Crippen LogP) is 2.13. The van der Waals surface area contributed by atoms with Crippen LogP contribution >= 0.6 is 11.3 Å². The molecule has 1 amide bonds. The number of benzene rings is 1. The predicted molar refractivity (Wildman–Crippen MR) is 83.2 cm³/mol. The minimum absolute atomic E-state index is 0.103. The molecule has 0 bridgehead atoms. The molecule has 0 unspecified atom stereocenters. The van der Waals surface area contributed by atoms with Crippen LogP contribution in [0.2, 0.25) is 0 Å². The highest BCUT2D eigenvalue weighted by atomic mass is 32.1. The van der Waals surface area contributed by atoms with Crippen LogP contribution in [0.5, 0.6) is 0 Å². The lowest BCUT2D eigenvalue weighted by Gasteiger charge is -2.10. The second-order valence-corrected chi connectivity index (χ2v) is 5.04. The Kier molecular flexibility index (Phi) is 4.95. The Morgan fingerprint density at radius 1 is 1.45 bits per heavy atom. The minimum atomic E-state index is -0.103. The summed E-state index contributed by atoms with van der Waals surface area (Å²) in [7, 11) is 0. The topological polar surface area (TPSA) is 80.0 Å². The molecule has 0 saturated heterocycles. The lowest BCUT2D eigenvalue weighted by Crippen LogP contribution is -2.22. The summed E-state index contributed by atoms with van der Waals surface area (Å²) >= 11 is 1.59. The van der Waals surface area contributed by atoms with Gasteiger partial charge in [0.15, 0.2) is 0 Å². The third kappa shape index (κ3) is 3.71. The van der Waals surface area contributed by atoms with Crippen molar-refractivity contribution in [3.8, 4) is 0 Å². The average Bonchev–Trinajstić information content (AvgIpc) is 2.94. The maximum absolute atomic E-state index is 11.7. The highest BCUT2D eigenvalue weighted by Crippen LogP contribution is 2.20. The van der Waals surface area contributed by atoms with E-state index < -0.39 is 0 Å². The van der Waals surface area contributed by atoms with E-state index in [-0.39, 0.29) is 5.91 Å². The number of nitrogen functional groups attached to an aromatic ring is 1. The van der Waals surface area contributed by atoms with Crippen LogP contribution in [0.3, 0.4) is 0 Å². The molecule has 0 atom stereocenters. The molecule has 0 radical (unpaired) electrons. The third-order valence-electron chi connectivity index (χ3n) is 2.83. The number of carbonyl (C=O) groups is 1. The highest BCUT2D eigenvalue weighted by Gasteiger charge is 2.07. The van der Waals surface area contributed by atoms with Crippen LogP contribution in [0.25, 0.3) is 0 Å². The summed E-state index contributed by atoms with van der Waals surface area (Å²) in [5.74, 6) is -0.103. The van der Waals surface area contributed by atoms with Crippen molar-refractivity contribution in [3.63, 3.8) is 0 Å². The van der Waals surface area contributed by atoms with E-state index in [9.17, 15) is 4.79 Å². The molecule has 1 aromatic heterocycles. The monoisotopic (exact) mass is 290 g/mol. The van der Waals surface area contributed by atoms with Gasteiger partial charge in [-0.25, -0.2) is 4.98 Å². The molecule has 0 aliphatic carbocycles. The zero-order chi connectivity index (χ0) is 14.4. The summed E-state index contributed by atoms with van der Waals surface area (Å²) in [5.41, 5.74) is 10.8. The van der Waals surface area contributed by atoms with Crippen LogP contribution in [0.1, 0.15) is 23.0 Å². The summed E-state index contributed by atoms with van der Waals surface area (Å²) < 4.78 is 0. The van der Waals surface area contributed by atoms with Crippen molar-refractivity contribution in [2.45, 2.75) is 13.3 Å². The molecular weight excluding hydrogens is 272 g/mol. The lowest BCUT2D eigenvalue weighted by molar-refractivity contribution is 0.0956. The van der Waals surface area contributed by atoms with Gasteiger partial charge < -0.3 is 16.4 Å². The molecule has 0 aliphatic heterocycles. The number of hydrogen-bond donors (Lipinski definition) is 3. The maximum atomic E-state index is 11.7. The van der Waals surface area contributed by atoms with Gasteiger partial charge in [0, 0.05) is 30.5 Å². The molecule has 1 aromatic carbocycles. The van der Waals surface area contributed by atoms with Crippen molar-refractivity contribution in [2.24, 2.45) is 0 Å². The van der Waals surface area contributed by atoms with Gasteiger partial charge in [0.05, 0.1) is 22.6 Å². The lowest BCUT2D eigenvalue weighted by atomic mass is 10.1. The summed E-state index contributed by atoms with van der Waals surface area (Å²) in [6.07, 6.45) is 0.848. The number of nitrogens with zero attached hydrogens (tertiary/aromatic N) is 1. The quantitative estimate of drug-likeness (QED) is 0.712. The molecule has 0 aliphatic rings. The van der Waals surface area contributed by atoms with Crippen LogP contribution in [0.15, 0.2) is 29.1 Å². The van der Waals surface area contributed by atoms with Crippen LogP contribution in [-0.4, -0.2) is 24.0 Å². The molecule has 1 heterocycles. The number of rotatable bonds is 6. The minimum Gasteiger partial charge on any atom is -0.397 e. The van der Waals surface area contributed by atoms with E-state index in [0.29, 0.717) is 17.8 Å². The number of nitrogens with one attached hydrogen (secondary N) is 2. The number of carbonyl (C=O) groups excluding carboxylic acids is 1. The number of anilines is 2. The average molecular weight is 290 g/mol. The van der Waals surface area contributed by atoms with Crippen molar-refractivity contribution in [3.05, 3.63) is 40.3 Å². The van der Waals surface area contributed by atoms with E-state index in [1.807, 2.05) is 23.9 Å². The first-order valence-corrected chi connectivity index (χ1v) is 7.43. The van der Waals surface area contributed by atoms with Gasteiger partial charge >= 0.3 is 0 Å². The molecule has 106 valence electrons. The number of aromatic nitrogens is 1.